The quantitative estimate of drug-likeness (QED) is 0.830. The number of halogens is 1. The number of thiophene rings is 1. The topological polar surface area (TPSA) is 29.5 Å². The second-order valence-electron chi connectivity index (χ2n) is 4.51. The third-order valence-corrected chi connectivity index (χ3v) is 4.65. The maximum atomic E-state index is 12.2. The monoisotopic (exact) mass is 331 g/mol. The summed E-state index contributed by atoms with van der Waals surface area (Å²) in [5, 5.41) is 0. The zero-order valence-corrected chi connectivity index (χ0v) is 12.9. The molecule has 0 bridgehead atoms. The molecular weight excluding hydrogens is 314 g/mol. The van der Waals surface area contributed by atoms with Gasteiger partial charge in [-0.3, -0.25) is 9.69 Å². The summed E-state index contributed by atoms with van der Waals surface area (Å²) in [6, 6.07) is 3.98. The summed E-state index contributed by atoms with van der Waals surface area (Å²) in [6.45, 7) is 5.58. The van der Waals surface area contributed by atoms with Crippen molar-refractivity contribution in [3.8, 4) is 0 Å². The minimum absolute atomic E-state index is 0.199. The summed E-state index contributed by atoms with van der Waals surface area (Å²) in [6.07, 6.45) is 1.37. The Bertz CT molecular complexity index is 405. The van der Waals surface area contributed by atoms with Gasteiger partial charge in [0.05, 0.1) is 10.4 Å². The SMILES string of the molecule is CCCN1CCOC(C(=O)Cc2ccc(Br)s2)C1. The molecule has 0 spiro atoms. The van der Waals surface area contributed by atoms with Crippen molar-refractivity contribution in [1.82, 2.24) is 4.90 Å². The molecule has 1 fully saturated rings. The Morgan fingerprint density at radius 2 is 2.44 bits per heavy atom. The molecule has 0 N–H and O–H groups in total. The summed E-state index contributed by atoms with van der Waals surface area (Å²) < 4.78 is 6.67. The van der Waals surface area contributed by atoms with Gasteiger partial charge in [-0.2, -0.15) is 0 Å². The third kappa shape index (κ3) is 3.88. The van der Waals surface area contributed by atoms with Gasteiger partial charge < -0.3 is 4.74 Å². The molecule has 1 aromatic heterocycles. The largest absolute Gasteiger partial charge is 0.368 e. The van der Waals surface area contributed by atoms with E-state index in [0.29, 0.717) is 13.0 Å². The van der Waals surface area contributed by atoms with Crippen LogP contribution >= 0.6 is 27.3 Å². The van der Waals surface area contributed by atoms with Gasteiger partial charge in [-0.15, -0.1) is 11.3 Å². The maximum absolute atomic E-state index is 12.2. The molecule has 0 aromatic carbocycles. The highest BCUT2D eigenvalue weighted by atomic mass is 79.9. The maximum Gasteiger partial charge on any atom is 0.168 e. The lowest BCUT2D eigenvalue weighted by atomic mass is 10.1. The Hall–Kier alpha value is -0.230. The molecule has 1 aliphatic heterocycles. The smallest absolute Gasteiger partial charge is 0.168 e. The van der Waals surface area contributed by atoms with E-state index in [-0.39, 0.29) is 11.9 Å². The number of hydrogen-bond acceptors (Lipinski definition) is 4. The van der Waals surface area contributed by atoms with Gasteiger partial charge in [0, 0.05) is 24.4 Å². The van der Waals surface area contributed by atoms with Crippen LogP contribution in [0.4, 0.5) is 0 Å². The average Bonchev–Trinajstić information content (AvgIpc) is 2.75. The molecule has 18 heavy (non-hydrogen) atoms. The molecule has 0 saturated carbocycles. The molecule has 1 saturated heterocycles. The predicted octanol–water partition coefficient (Wildman–Crippen LogP) is 2.73. The first-order valence-electron chi connectivity index (χ1n) is 6.30. The second kappa shape index (κ2) is 6.80. The molecule has 0 radical (unpaired) electrons. The lowest BCUT2D eigenvalue weighted by Gasteiger charge is -2.31. The highest BCUT2D eigenvalue weighted by molar-refractivity contribution is 9.11. The summed E-state index contributed by atoms with van der Waals surface area (Å²) in [7, 11) is 0. The molecule has 100 valence electrons. The van der Waals surface area contributed by atoms with Gasteiger partial charge in [0.1, 0.15) is 6.10 Å². The van der Waals surface area contributed by atoms with E-state index >= 15 is 0 Å². The van der Waals surface area contributed by atoms with Gasteiger partial charge in [0.25, 0.3) is 0 Å². The number of Topliss-reactive ketones (excluding diaryl/α,β-unsaturated/α-hetero) is 1. The van der Waals surface area contributed by atoms with Gasteiger partial charge in [-0.1, -0.05) is 6.92 Å². The van der Waals surface area contributed by atoms with Crippen LogP contribution in [0.2, 0.25) is 0 Å². The number of nitrogens with zero attached hydrogens (tertiary/aromatic N) is 1. The Morgan fingerprint density at radius 3 is 3.11 bits per heavy atom. The summed E-state index contributed by atoms with van der Waals surface area (Å²) in [4.78, 5) is 15.6. The van der Waals surface area contributed by atoms with Crippen LogP contribution in [0.1, 0.15) is 18.2 Å². The van der Waals surface area contributed by atoms with E-state index in [1.807, 2.05) is 12.1 Å². The highest BCUT2D eigenvalue weighted by Crippen LogP contribution is 2.23. The van der Waals surface area contributed by atoms with Crippen LogP contribution in [-0.4, -0.2) is 43.0 Å². The number of rotatable bonds is 5. The van der Waals surface area contributed by atoms with Crippen molar-refractivity contribution in [3.63, 3.8) is 0 Å². The molecule has 1 aliphatic rings. The second-order valence-corrected chi connectivity index (χ2v) is 7.06. The molecule has 1 atom stereocenters. The molecule has 1 aromatic rings. The Labute approximate surface area is 120 Å². The minimum Gasteiger partial charge on any atom is -0.368 e. The van der Waals surface area contributed by atoms with E-state index < -0.39 is 0 Å². The lowest BCUT2D eigenvalue weighted by molar-refractivity contribution is -0.135. The van der Waals surface area contributed by atoms with Crippen molar-refractivity contribution in [2.24, 2.45) is 0 Å². The van der Waals surface area contributed by atoms with Crippen LogP contribution < -0.4 is 0 Å². The number of hydrogen-bond donors (Lipinski definition) is 0. The first kappa shape index (κ1) is 14.2. The fraction of sp³-hybridized carbons (Fsp3) is 0.615. The number of carbonyl (C=O) groups is 1. The van der Waals surface area contributed by atoms with Crippen LogP contribution in [0.5, 0.6) is 0 Å². The van der Waals surface area contributed by atoms with Crippen molar-refractivity contribution < 1.29 is 9.53 Å². The van der Waals surface area contributed by atoms with E-state index in [9.17, 15) is 4.79 Å². The van der Waals surface area contributed by atoms with Crippen LogP contribution in [0, 0.1) is 0 Å². The lowest BCUT2D eigenvalue weighted by Crippen LogP contribution is -2.46. The normalized spacial score (nSPS) is 21.1. The van der Waals surface area contributed by atoms with E-state index in [1.54, 1.807) is 11.3 Å². The standard InChI is InChI=1S/C13H18BrNO2S/c1-2-5-15-6-7-17-12(9-15)11(16)8-10-3-4-13(14)18-10/h3-4,12H,2,5-9H2,1H3. The predicted molar refractivity (Wildman–Crippen MR) is 77.2 cm³/mol. The molecular formula is C13H18BrNO2S. The van der Waals surface area contributed by atoms with Crippen LogP contribution in [0.3, 0.4) is 0 Å². The fourth-order valence-corrected chi connectivity index (χ4v) is 3.64. The molecule has 0 amide bonds. The molecule has 0 aliphatic carbocycles. The van der Waals surface area contributed by atoms with Crippen LogP contribution in [0.25, 0.3) is 0 Å². The summed E-state index contributed by atoms with van der Waals surface area (Å²) in [5.74, 6) is 0.199. The molecule has 5 heteroatoms. The van der Waals surface area contributed by atoms with Crippen molar-refractivity contribution in [2.75, 3.05) is 26.2 Å². The number of ketones is 1. The van der Waals surface area contributed by atoms with E-state index in [2.05, 4.69) is 27.8 Å². The zero-order chi connectivity index (χ0) is 13.0. The highest BCUT2D eigenvalue weighted by Gasteiger charge is 2.26. The Balaban J connectivity index is 1.88. The van der Waals surface area contributed by atoms with Crippen molar-refractivity contribution in [1.29, 1.82) is 0 Å². The number of ether oxygens (including phenoxy) is 1. The zero-order valence-electron chi connectivity index (χ0n) is 10.5. The van der Waals surface area contributed by atoms with E-state index in [1.165, 1.54) is 0 Å². The van der Waals surface area contributed by atoms with Crippen LogP contribution in [-0.2, 0) is 16.0 Å². The van der Waals surface area contributed by atoms with E-state index in [0.717, 1.165) is 34.7 Å². The van der Waals surface area contributed by atoms with Gasteiger partial charge in [-0.05, 0) is 41.0 Å². The van der Waals surface area contributed by atoms with Gasteiger partial charge in [0.15, 0.2) is 5.78 Å². The molecule has 2 rings (SSSR count). The Kier molecular flexibility index (Phi) is 5.36. The first-order valence-corrected chi connectivity index (χ1v) is 7.91. The molecule has 3 nitrogen and oxygen atoms in total. The van der Waals surface area contributed by atoms with Crippen molar-refractivity contribution in [3.05, 3.63) is 20.8 Å². The first-order chi connectivity index (χ1) is 8.69. The number of carbonyl (C=O) groups excluding carboxylic acids is 1. The summed E-state index contributed by atoms with van der Waals surface area (Å²) >= 11 is 5.03. The van der Waals surface area contributed by atoms with Crippen LogP contribution in [0.15, 0.2) is 15.9 Å². The molecule has 2 heterocycles. The summed E-state index contributed by atoms with van der Waals surface area (Å²) in [5.41, 5.74) is 0. The van der Waals surface area contributed by atoms with E-state index in [4.69, 9.17) is 4.74 Å². The van der Waals surface area contributed by atoms with Gasteiger partial charge >= 0.3 is 0 Å². The fourth-order valence-electron chi connectivity index (χ4n) is 2.15. The van der Waals surface area contributed by atoms with Crippen molar-refractivity contribution in [2.45, 2.75) is 25.9 Å². The van der Waals surface area contributed by atoms with Gasteiger partial charge in [0.2, 0.25) is 0 Å². The Morgan fingerprint density at radius 1 is 1.61 bits per heavy atom. The number of morpholine rings is 1. The van der Waals surface area contributed by atoms with Crippen molar-refractivity contribution >= 4 is 33.0 Å². The van der Waals surface area contributed by atoms with Gasteiger partial charge in [-0.25, -0.2) is 0 Å². The average molecular weight is 332 g/mol. The molecule has 1 unspecified atom stereocenters. The third-order valence-electron chi connectivity index (χ3n) is 3.03. The minimum atomic E-state index is -0.244.